The summed E-state index contributed by atoms with van der Waals surface area (Å²) in [4.78, 5) is 0. The Morgan fingerprint density at radius 3 is 2.72 bits per heavy atom. The third-order valence-corrected chi connectivity index (χ3v) is 3.98. The molecule has 0 aromatic heterocycles. The molecule has 0 amide bonds. The van der Waals surface area contributed by atoms with E-state index >= 15 is 0 Å². The average molecular weight is 250 g/mol. The van der Waals surface area contributed by atoms with Crippen LogP contribution in [-0.4, -0.2) is 22.4 Å². The van der Waals surface area contributed by atoms with Crippen LogP contribution in [0.3, 0.4) is 0 Å². The van der Waals surface area contributed by atoms with E-state index in [1.54, 1.807) is 0 Å². The van der Waals surface area contributed by atoms with Gasteiger partial charge in [-0.3, -0.25) is 0 Å². The molecule has 100 valence electrons. The van der Waals surface area contributed by atoms with E-state index in [9.17, 15) is 10.2 Å². The van der Waals surface area contributed by atoms with Crippen molar-refractivity contribution in [3.63, 3.8) is 0 Å². The van der Waals surface area contributed by atoms with E-state index in [1.165, 1.54) is 0 Å². The number of benzene rings is 1. The Labute approximate surface area is 108 Å². The third kappa shape index (κ3) is 2.68. The summed E-state index contributed by atoms with van der Waals surface area (Å²) >= 11 is 0. The Kier molecular flexibility index (Phi) is 3.93. The molecule has 1 aliphatic carbocycles. The van der Waals surface area contributed by atoms with Gasteiger partial charge in [-0.15, -0.1) is 0 Å². The Bertz CT molecular complexity index is 410. The first-order valence-electron chi connectivity index (χ1n) is 6.74. The van der Waals surface area contributed by atoms with Crippen LogP contribution in [0, 0.1) is 0 Å². The Hall–Kier alpha value is -1.06. The Morgan fingerprint density at radius 2 is 2.06 bits per heavy atom. The molecule has 0 fully saturated rings. The summed E-state index contributed by atoms with van der Waals surface area (Å²) in [6.45, 7) is 4.25. The molecule has 0 heterocycles. The summed E-state index contributed by atoms with van der Waals surface area (Å²) in [5, 5.41) is 19.9. The van der Waals surface area contributed by atoms with E-state index in [0.717, 1.165) is 29.7 Å². The second kappa shape index (κ2) is 5.29. The number of ether oxygens (including phenoxy) is 1. The van der Waals surface area contributed by atoms with Crippen LogP contribution in [-0.2, 0) is 6.42 Å². The topological polar surface area (TPSA) is 49.7 Å². The zero-order chi connectivity index (χ0) is 13.2. The van der Waals surface area contributed by atoms with Crippen LogP contribution in [0.5, 0.6) is 5.75 Å². The number of aliphatic hydroxyl groups excluding tert-OH is 1. The second-order valence-electron chi connectivity index (χ2n) is 5.14. The zero-order valence-corrected chi connectivity index (χ0v) is 11.1. The van der Waals surface area contributed by atoms with Crippen LogP contribution in [0.1, 0.15) is 50.3 Å². The molecule has 0 bridgehead atoms. The van der Waals surface area contributed by atoms with Crippen molar-refractivity contribution < 1.29 is 14.9 Å². The molecule has 1 aliphatic rings. The smallest absolute Gasteiger partial charge is 0.119 e. The fourth-order valence-electron chi connectivity index (χ4n) is 2.33. The van der Waals surface area contributed by atoms with Gasteiger partial charge in [0.05, 0.1) is 11.7 Å². The first-order chi connectivity index (χ1) is 8.58. The largest absolute Gasteiger partial charge is 0.491 e. The van der Waals surface area contributed by atoms with E-state index in [0.29, 0.717) is 19.4 Å². The maximum absolute atomic E-state index is 10.2. The summed E-state index contributed by atoms with van der Waals surface area (Å²) in [5.41, 5.74) is 1.44. The highest BCUT2D eigenvalue weighted by Gasteiger charge is 2.24. The highest BCUT2D eigenvalue weighted by molar-refractivity contribution is 5.39. The first kappa shape index (κ1) is 13.4. The quantitative estimate of drug-likeness (QED) is 0.844. The van der Waals surface area contributed by atoms with Gasteiger partial charge in [0, 0.05) is 0 Å². The molecule has 1 atom stereocenters. The van der Waals surface area contributed by atoms with Crippen molar-refractivity contribution >= 4 is 0 Å². The minimum atomic E-state index is -0.738. The molecule has 0 aliphatic heterocycles. The molecular weight excluding hydrogens is 228 g/mol. The number of hydrogen-bond acceptors (Lipinski definition) is 3. The lowest BCUT2D eigenvalue weighted by Gasteiger charge is -2.25. The first-order valence-corrected chi connectivity index (χ1v) is 6.74. The fourth-order valence-corrected chi connectivity index (χ4v) is 2.33. The van der Waals surface area contributed by atoms with Crippen LogP contribution in [0.2, 0.25) is 0 Å². The molecule has 2 rings (SSSR count). The summed E-state index contributed by atoms with van der Waals surface area (Å²) in [6.07, 6.45) is 2.75. The van der Waals surface area contributed by atoms with E-state index < -0.39 is 5.60 Å². The van der Waals surface area contributed by atoms with Crippen molar-refractivity contribution in [1.29, 1.82) is 0 Å². The SMILES string of the molecule is CCC(O)(CC)COc1ccc2c(c1)CCC2O. The number of fused-ring (bicyclic) bond motifs is 1. The third-order valence-electron chi connectivity index (χ3n) is 3.98. The van der Waals surface area contributed by atoms with Gasteiger partial charge in [0.1, 0.15) is 12.4 Å². The number of hydrogen-bond donors (Lipinski definition) is 2. The average Bonchev–Trinajstić information content (AvgIpc) is 2.77. The molecule has 0 saturated heterocycles. The van der Waals surface area contributed by atoms with Gasteiger partial charge in [0.15, 0.2) is 0 Å². The molecule has 0 saturated carbocycles. The lowest BCUT2D eigenvalue weighted by molar-refractivity contribution is -0.0113. The molecule has 3 heteroatoms. The van der Waals surface area contributed by atoms with Gasteiger partial charge in [-0.1, -0.05) is 19.9 Å². The van der Waals surface area contributed by atoms with Gasteiger partial charge in [-0.2, -0.15) is 0 Å². The zero-order valence-electron chi connectivity index (χ0n) is 11.1. The van der Waals surface area contributed by atoms with Gasteiger partial charge in [-0.05, 0) is 48.9 Å². The van der Waals surface area contributed by atoms with Crippen molar-refractivity contribution in [1.82, 2.24) is 0 Å². The van der Waals surface area contributed by atoms with E-state index in [2.05, 4.69) is 0 Å². The maximum Gasteiger partial charge on any atom is 0.119 e. The van der Waals surface area contributed by atoms with Crippen LogP contribution < -0.4 is 4.74 Å². The van der Waals surface area contributed by atoms with Crippen LogP contribution in [0.4, 0.5) is 0 Å². The molecule has 0 spiro atoms. The van der Waals surface area contributed by atoms with Gasteiger partial charge in [0.25, 0.3) is 0 Å². The predicted octanol–water partition coefficient (Wildman–Crippen LogP) is 2.60. The van der Waals surface area contributed by atoms with Gasteiger partial charge >= 0.3 is 0 Å². The Balaban J connectivity index is 2.03. The maximum atomic E-state index is 10.2. The fraction of sp³-hybridized carbons (Fsp3) is 0.600. The monoisotopic (exact) mass is 250 g/mol. The van der Waals surface area contributed by atoms with Gasteiger partial charge in [0.2, 0.25) is 0 Å². The van der Waals surface area contributed by atoms with Crippen LogP contribution in [0.25, 0.3) is 0 Å². The summed E-state index contributed by atoms with van der Waals surface area (Å²) in [5.74, 6) is 0.781. The molecule has 3 nitrogen and oxygen atoms in total. The van der Waals surface area contributed by atoms with Crippen molar-refractivity contribution in [2.75, 3.05) is 6.61 Å². The standard InChI is InChI=1S/C15H22O3/c1-3-15(17,4-2)10-18-12-6-7-13-11(9-12)5-8-14(13)16/h6-7,9,14,16-17H,3-5,8,10H2,1-2H3. The van der Waals surface area contributed by atoms with Crippen molar-refractivity contribution in [3.05, 3.63) is 29.3 Å². The molecule has 18 heavy (non-hydrogen) atoms. The van der Waals surface area contributed by atoms with Crippen molar-refractivity contribution in [2.45, 2.75) is 51.2 Å². The highest BCUT2D eigenvalue weighted by atomic mass is 16.5. The lowest BCUT2D eigenvalue weighted by Crippen LogP contribution is -2.34. The van der Waals surface area contributed by atoms with Crippen molar-refractivity contribution in [3.8, 4) is 5.75 Å². The minimum absolute atomic E-state index is 0.321. The molecule has 1 unspecified atom stereocenters. The normalized spacial score (nSPS) is 18.8. The summed E-state index contributed by atoms with van der Waals surface area (Å²) in [6, 6.07) is 5.79. The van der Waals surface area contributed by atoms with Gasteiger partial charge < -0.3 is 14.9 Å². The second-order valence-corrected chi connectivity index (χ2v) is 5.14. The molecule has 0 radical (unpaired) electrons. The molecule has 1 aromatic rings. The number of aliphatic hydroxyl groups is 2. The lowest BCUT2D eigenvalue weighted by atomic mass is 9.99. The Morgan fingerprint density at radius 1 is 1.33 bits per heavy atom. The molecular formula is C15H22O3. The van der Waals surface area contributed by atoms with E-state index in [-0.39, 0.29) is 6.10 Å². The van der Waals surface area contributed by atoms with Crippen LogP contribution >= 0.6 is 0 Å². The molecule has 2 N–H and O–H groups in total. The minimum Gasteiger partial charge on any atom is -0.491 e. The van der Waals surface area contributed by atoms with E-state index in [1.807, 2.05) is 32.0 Å². The van der Waals surface area contributed by atoms with Crippen molar-refractivity contribution in [2.24, 2.45) is 0 Å². The number of aryl methyl sites for hydroxylation is 1. The summed E-state index contributed by atoms with van der Waals surface area (Å²) < 4.78 is 5.68. The highest BCUT2D eigenvalue weighted by Crippen LogP contribution is 2.33. The predicted molar refractivity (Wildman–Crippen MR) is 70.7 cm³/mol. The molecule has 1 aromatic carbocycles. The summed E-state index contributed by atoms with van der Waals surface area (Å²) in [7, 11) is 0. The van der Waals surface area contributed by atoms with Gasteiger partial charge in [-0.25, -0.2) is 0 Å². The van der Waals surface area contributed by atoms with Crippen LogP contribution in [0.15, 0.2) is 18.2 Å². The number of rotatable bonds is 5. The van der Waals surface area contributed by atoms with E-state index in [4.69, 9.17) is 4.74 Å².